The number of carbonyl (C=O) groups is 2. The van der Waals surface area contributed by atoms with Crippen molar-refractivity contribution in [3.8, 4) is 6.07 Å². The molecule has 0 aromatic carbocycles. The minimum atomic E-state index is -0.994. The first-order valence-corrected chi connectivity index (χ1v) is 8.48. The summed E-state index contributed by atoms with van der Waals surface area (Å²) in [5, 5.41) is 15.9. The standard InChI is InChI=1S/C17H22N4O2/c18-7-12(6-11-3-4-20-15(11)22)17(16(19)23)14-10-2-1-9(5-10)13(14)8-21-17/h1-2,9-14,21H,3-6,8H2,(H2,19,23)(H,20,22)/t9?,10?,11-,12-,13?,14?,17?/m1/s1. The Morgan fingerprint density at radius 1 is 1.48 bits per heavy atom. The summed E-state index contributed by atoms with van der Waals surface area (Å²) in [4.78, 5) is 24.4. The van der Waals surface area contributed by atoms with E-state index in [4.69, 9.17) is 5.73 Å². The van der Waals surface area contributed by atoms with Crippen LogP contribution in [0.2, 0.25) is 0 Å². The Morgan fingerprint density at radius 3 is 2.91 bits per heavy atom. The van der Waals surface area contributed by atoms with Crippen LogP contribution in [0.15, 0.2) is 12.2 Å². The van der Waals surface area contributed by atoms with Gasteiger partial charge in [0.2, 0.25) is 11.8 Å². The average molecular weight is 314 g/mol. The molecule has 3 fully saturated rings. The highest BCUT2D eigenvalue weighted by atomic mass is 16.2. The van der Waals surface area contributed by atoms with E-state index in [9.17, 15) is 14.9 Å². The number of carbonyl (C=O) groups excluding carboxylic acids is 2. The molecular formula is C17H22N4O2. The number of nitrogens with one attached hydrogen (secondary N) is 2. The second-order valence-electron chi connectivity index (χ2n) is 7.45. The molecule has 4 N–H and O–H groups in total. The molecule has 7 atom stereocenters. The summed E-state index contributed by atoms with van der Waals surface area (Å²) < 4.78 is 0. The predicted octanol–water partition coefficient (Wildman–Crippen LogP) is -0.0820. The van der Waals surface area contributed by atoms with Gasteiger partial charge in [-0.2, -0.15) is 5.26 Å². The Hall–Kier alpha value is -1.87. The zero-order valence-electron chi connectivity index (χ0n) is 13.0. The van der Waals surface area contributed by atoms with Gasteiger partial charge in [-0.05, 0) is 49.5 Å². The van der Waals surface area contributed by atoms with Crippen LogP contribution in [-0.4, -0.2) is 30.4 Å². The van der Waals surface area contributed by atoms with Crippen LogP contribution >= 0.6 is 0 Å². The molecule has 2 bridgehead atoms. The summed E-state index contributed by atoms with van der Waals surface area (Å²) in [5.74, 6) is 0.0917. The van der Waals surface area contributed by atoms with Crippen LogP contribution in [0.4, 0.5) is 0 Å². The quantitative estimate of drug-likeness (QED) is 0.631. The van der Waals surface area contributed by atoms with Crippen molar-refractivity contribution in [3.63, 3.8) is 0 Å². The van der Waals surface area contributed by atoms with Crippen molar-refractivity contribution in [2.45, 2.75) is 24.8 Å². The molecule has 2 aliphatic carbocycles. The van der Waals surface area contributed by atoms with Crippen molar-refractivity contribution in [1.29, 1.82) is 5.26 Å². The van der Waals surface area contributed by atoms with Gasteiger partial charge in [0.25, 0.3) is 0 Å². The second-order valence-corrected chi connectivity index (χ2v) is 7.45. The maximum atomic E-state index is 12.5. The van der Waals surface area contributed by atoms with Gasteiger partial charge in [0, 0.05) is 12.5 Å². The summed E-state index contributed by atoms with van der Waals surface area (Å²) in [7, 11) is 0. The number of amides is 2. The van der Waals surface area contributed by atoms with Gasteiger partial charge in [0.05, 0.1) is 12.0 Å². The highest BCUT2D eigenvalue weighted by Gasteiger charge is 2.64. The third kappa shape index (κ3) is 1.89. The van der Waals surface area contributed by atoms with Crippen molar-refractivity contribution in [2.24, 2.45) is 41.2 Å². The smallest absolute Gasteiger partial charge is 0.239 e. The van der Waals surface area contributed by atoms with E-state index in [-0.39, 0.29) is 17.7 Å². The molecule has 6 heteroatoms. The molecule has 0 spiro atoms. The monoisotopic (exact) mass is 314 g/mol. The van der Waals surface area contributed by atoms with Gasteiger partial charge in [0.15, 0.2) is 0 Å². The summed E-state index contributed by atoms with van der Waals surface area (Å²) in [5.41, 5.74) is 4.84. The van der Waals surface area contributed by atoms with Crippen LogP contribution in [0.5, 0.6) is 0 Å². The molecular weight excluding hydrogens is 292 g/mol. The molecule has 6 nitrogen and oxygen atoms in total. The Balaban J connectivity index is 1.67. The van der Waals surface area contributed by atoms with E-state index in [1.807, 2.05) is 0 Å². The molecule has 0 aromatic heterocycles. The number of primary amides is 1. The molecule has 2 amide bonds. The Labute approximate surface area is 135 Å². The van der Waals surface area contributed by atoms with Gasteiger partial charge in [0.1, 0.15) is 5.54 Å². The van der Waals surface area contributed by atoms with Crippen LogP contribution in [0.1, 0.15) is 19.3 Å². The molecule has 4 rings (SSSR count). The van der Waals surface area contributed by atoms with E-state index in [0.29, 0.717) is 30.7 Å². The summed E-state index contributed by atoms with van der Waals surface area (Å²) in [6.45, 7) is 1.38. The number of hydrogen-bond acceptors (Lipinski definition) is 4. The minimum absolute atomic E-state index is 0.00717. The van der Waals surface area contributed by atoms with Crippen LogP contribution in [0, 0.1) is 46.8 Å². The fraction of sp³-hybridized carbons (Fsp3) is 0.706. The number of nitrogens with two attached hydrogens (primary N) is 1. The first-order chi connectivity index (χ1) is 11.1. The minimum Gasteiger partial charge on any atom is -0.368 e. The SMILES string of the molecule is N#C[C@@H](C[C@H]1CCNC1=O)C1(C(N)=O)NCC2C3C=CC(C3)C21. The van der Waals surface area contributed by atoms with Crippen LogP contribution in [0.3, 0.4) is 0 Å². The molecule has 2 heterocycles. The van der Waals surface area contributed by atoms with Crippen LogP contribution in [0.25, 0.3) is 0 Å². The van der Waals surface area contributed by atoms with Crippen molar-refractivity contribution in [1.82, 2.24) is 10.6 Å². The van der Waals surface area contributed by atoms with E-state index in [0.717, 1.165) is 19.4 Å². The third-order valence-corrected chi connectivity index (χ3v) is 6.57. The normalized spacial score (nSPS) is 44.8. The molecule has 2 aliphatic heterocycles. The van der Waals surface area contributed by atoms with Crippen molar-refractivity contribution >= 4 is 11.8 Å². The highest BCUT2D eigenvalue weighted by molar-refractivity contribution is 5.87. The van der Waals surface area contributed by atoms with Crippen LogP contribution in [-0.2, 0) is 9.59 Å². The molecule has 0 aromatic rings. The Morgan fingerprint density at radius 2 is 2.26 bits per heavy atom. The van der Waals surface area contributed by atoms with E-state index < -0.39 is 17.4 Å². The number of nitrogens with zero attached hydrogens (tertiary/aromatic N) is 1. The summed E-state index contributed by atoms with van der Waals surface area (Å²) in [6, 6.07) is 2.32. The summed E-state index contributed by atoms with van der Waals surface area (Å²) >= 11 is 0. The fourth-order valence-corrected chi connectivity index (χ4v) is 5.56. The maximum absolute atomic E-state index is 12.5. The number of nitriles is 1. The lowest BCUT2D eigenvalue weighted by Gasteiger charge is -2.39. The van der Waals surface area contributed by atoms with E-state index >= 15 is 0 Å². The lowest BCUT2D eigenvalue weighted by atomic mass is 9.66. The molecule has 5 unspecified atom stereocenters. The molecule has 2 saturated heterocycles. The summed E-state index contributed by atoms with van der Waals surface area (Å²) in [6.07, 6.45) is 6.63. The third-order valence-electron chi connectivity index (χ3n) is 6.57. The van der Waals surface area contributed by atoms with Gasteiger partial charge >= 0.3 is 0 Å². The van der Waals surface area contributed by atoms with Crippen molar-refractivity contribution < 1.29 is 9.59 Å². The van der Waals surface area contributed by atoms with Gasteiger partial charge in [-0.1, -0.05) is 12.2 Å². The molecule has 0 radical (unpaired) electrons. The number of allylic oxidation sites excluding steroid dienone is 2. The number of rotatable bonds is 4. The zero-order valence-corrected chi connectivity index (χ0v) is 13.0. The van der Waals surface area contributed by atoms with Gasteiger partial charge < -0.3 is 16.4 Å². The predicted molar refractivity (Wildman–Crippen MR) is 82.5 cm³/mol. The molecule has 23 heavy (non-hydrogen) atoms. The molecule has 1 saturated carbocycles. The first-order valence-electron chi connectivity index (χ1n) is 8.48. The Kier molecular flexibility index (Phi) is 3.24. The lowest BCUT2D eigenvalue weighted by molar-refractivity contribution is -0.129. The topological polar surface area (TPSA) is 108 Å². The van der Waals surface area contributed by atoms with Gasteiger partial charge in [-0.25, -0.2) is 0 Å². The molecule has 122 valence electrons. The number of fused-ring (bicyclic) bond motifs is 5. The average Bonchev–Trinajstić information content (AvgIpc) is 3.27. The highest BCUT2D eigenvalue weighted by Crippen LogP contribution is 2.57. The zero-order chi connectivity index (χ0) is 16.2. The fourth-order valence-electron chi connectivity index (χ4n) is 5.56. The van der Waals surface area contributed by atoms with E-state index in [1.165, 1.54) is 0 Å². The lowest BCUT2D eigenvalue weighted by Crippen LogP contribution is -2.62. The van der Waals surface area contributed by atoms with Crippen LogP contribution < -0.4 is 16.4 Å². The maximum Gasteiger partial charge on any atom is 0.239 e. The molecule has 4 aliphatic rings. The Bertz CT molecular complexity index is 625. The van der Waals surface area contributed by atoms with E-state index in [1.54, 1.807) is 0 Å². The second kappa shape index (κ2) is 5.07. The van der Waals surface area contributed by atoms with Gasteiger partial charge in [-0.3, -0.25) is 9.59 Å². The van der Waals surface area contributed by atoms with Crippen molar-refractivity contribution in [3.05, 3.63) is 12.2 Å². The van der Waals surface area contributed by atoms with Gasteiger partial charge in [-0.15, -0.1) is 0 Å². The van der Waals surface area contributed by atoms with E-state index in [2.05, 4.69) is 28.9 Å². The largest absolute Gasteiger partial charge is 0.368 e. The van der Waals surface area contributed by atoms with Crippen molar-refractivity contribution in [2.75, 3.05) is 13.1 Å². The number of hydrogen-bond donors (Lipinski definition) is 3. The first kappa shape index (κ1) is 14.7.